The number of phenolic OH excluding ortho intramolecular Hbond substituents is 1. The monoisotopic (exact) mass is 398 g/mol. The zero-order valence-corrected chi connectivity index (χ0v) is 18.0. The lowest BCUT2D eigenvalue weighted by molar-refractivity contribution is 0.255. The van der Waals surface area contributed by atoms with Crippen molar-refractivity contribution in [2.45, 2.75) is 46.5 Å². The van der Waals surface area contributed by atoms with Crippen molar-refractivity contribution in [1.82, 2.24) is 0 Å². The van der Waals surface area contributed by atoms with E-state index in [-0.39, 0.29) is 5.75 Å². The van der Waals surface area contributed by atoms with Crippen LogP contribution in [0, 0.1) is 6.92 Å². The lowest BCUT2D eigenvalue weighted by Gasteiger charge is -2.25. The van der Waals surface area contributed by atoms with Gasteiger partial charge in [-0.15, -0.1) is 0 Å². The molecule has 2 rings (SSSR count). The maximum absolute atomic E-state index is 11.6. The summed E-state index contributed by atoms with van der Waals surface area (Å²) >= 11 is 0. The minimum absolute atomic E-state index is 0.122. The van der Waals surface area contributed by atoms with Crippen LogP contribution in [0.5, 0.6) is 5.75 Å². The molecule has 0 unspecified atom stereocenters. The fourth-order valence-electron chi connectivity index (χ4n) is 3.16. The molecule has 6 heteroatoms. The number of aromatic hydroxyl groups is 1. The van der Waals surface area contributed by atoms with Gasteiger partial charge in [-0.05, 0) is 55.7 Å². The number of nitrogens with two attached hydrogens (primary N) is 1. The molecule has 0 aromatic heterocycles. The number of nitrogens with one attached hydrogen (secondary N) is 1. The Morgan fingerprint density at radius 1 is 1.07 bits per heavy atom. The van der Waals surface area contributed by atoms with Crippen LogP contribution in [0.4, 0.5) is 27.5 Å². The lowest BCUT2D eigenvalue weighted by atomic mass is 10.1. The number of carbonyl (C=O) groups excluding carboxylic acids is 1. The van der Waals surface area contributed by atoms with Gasteiger partial charge in [0.15, 0.2) is 0 Å². The summed E-state index contributed by atoms with van der Waals surface area (Å²) in [6.07, 6.45) is 4.72. The molecule has 2 aromatic carbocycles. The van der Waals surface area contributed by atoms with Crippen molar-refractivity contribution in [1.29, 1.82) is 0 Å². The van der Waals surface area contributed by atoms with Crippen molar-refractivity contribution in [2.24, 2.45) is 5.73 Å². The Morgan fingerprint density at radius 3 is 2.17 bits per heavy atom. The molecule has 0 aliphatic carbocycles. The van der Waals surface area contributed by atoms with Crippen LogP contribution in [0.1, 0.15) is 45.1 Å². The zero-order valence-electron chi connectivity index (χ0n) is 18.0. The van der Waals surface area contributed by atoms with E-state index in [2.05, 4.69) is 36.2 Å². The van der Waals surface area contributed by atoms with Gasteiger partial charge in [0.1, 0.15) is 5.75 Å². The molecule has 2 amide bonds. The highest BCUT2D eigenvalue weighted by atomic mass is 16.3. The van der Waals surface area contributed by atoms with Crippen LogP contribution >= 0.6 is 0 Å². The van der Waals surface area contributed by atoms with Crippen LogP contribution in [0.25, 0.3) is 0 Å². The Balaban J connectivity index is 2.24. The van der Waals surface area contributed by atoms with E-state index in [1.165, 1.54) is 36.3 Å². The highest BCUT2D eigenvalue weighted by Crippen LogP contribution is 2.34. The third-order valence-electron chi connectivity index (χ3n) is 5.08. The van der Waals surface area contributed by atoms with Gasteiger partial charge in [-0.25, -0.2) is 4.79 Å². The van der Waals surface area contributed by atoms with E-state index < -0.39 is 6.03 Å². The minimum Gasteiger partial charge on any atom is -0.508 e. The maximum atomic E-state index is 11.6. The topological polar surface area (TPSA) is 81.8 Å². The molecular formula is C23H34N4O2. The first-order valence-corrected chi connectivity index (χ1v) is 10.4. The van der Waals surface area contributed by atoms with Gasteiger partial charge in [0, 0.05) is 37.6 Å². The van der Waals surface area contributed by atoms with E-state index >= 15 is 0 Å². The number of hydrogen-bond donors (Lipinski definition) is 3. The van der Waals surface area contributed by atoms with E-state index in [1.807, 2.05) is 25.1 Å². The predicted molar refractivity (Wildman–Crippen MR) is 123 cm³/mol. The van der Waals surface area contributed by atoms with Crippen LogP contribution in [0.2, 0.25) is 0 Å². The van der Waals surface area contributed by atoms with Gasteiger partial charge in [-0.3, -0.25) is 4.90 Å². The third kappa shape index (κ3) is 6.04. The van der Waals surface area contributed by atoms with Gasteiger partial charge in [-0.1, -0.05) is 26.7 Å². The third-order valence-corrected chi connectivity index (χ3v) is 5.08. The second kappa shape index (κ2) is 10.6. The number of anilines is 4. The maximum Gasteiger partial charge on any atom is 0.319 e. The number of phenols is 1. The SMILES string of the molecule is CCCCN(CCCC)c1ccc(Nc2cc(C)c(O)cc2N(C)C(N)=O)cc1. The van der Waals surface area contributed by atoms with Crippen LogP contribution in [0.3, 0.4) is 0 Å². The van der Waals surface area contributed by atoms with Gasteiger partial charge >= 0.3 is 6.03 Å². The number of hydrogen-bond acceptors (Lipinski definition) is 4. The molecule has 0 bridgehead atoms. The molecule has 0 saturated carbocycles. The quantitative estimate of drug-likeness (QED) is 0.470. The van der Waals surface area contributed by atoms with Gasteiger partial charge in [0.2, 0.25) is 0 Å². The standard InChI is InChI=1S/C23H34N4O2/c1-5-7-13-27(14-8-6-2)19-11-9-18(10-12-19)25-20-15-17(3)22(28)16-21(20)26(4)23(24)29/h9-12,15-16,25,28H,5-8,13-14H2,1-4H3,(H2,24,29). The molecule has 158 valence electrons. The second-order valence-corrected chi connectivity index (χ2v) is 7.42. The molecule has 0 aliphatic rings. The summed E-state index contributed by atoms with van der Waals surface area (Å²) in [5, 5.41) is 13.4. The summed E-state index contributed by atoms with van der Waals surface area (Å²) in [4.78, 5) is 15.4. The average molecular weight is 399 g/mol. The Morgan fingerprint density at radius 2 is 1.66 bits per heavy atom. The lowest BCUT2D eigenvalue weighted by Crippen LogP contribution is -2.32. The summed E-state index contributed by atoms with van der Waals surface area (Å²) in [6.45, 7) is 8.37. The number of amides is 2. The fraction of sp³-hybridized carbons (Fsp3) is 0.435. The van der Waals surface area contributed by atoms with Crippen LogP contribution in [-0.4, -0.2) is 31.3 Å². The molecule has 6 nitrogen and oxygen atoms in total. The molecule has 0 aliphatic heterocycles. The summed E-state index contributed by atoms with van der Waals surface area (Å²) in [6, 6.07) is 11.1. The number of benzene rings is 2. The van der Waals surface area contributed by atoms with E-state index in [0.717, 1.165) is 24.3 Å². The Kier molecular flexibility index (Phi) is 8.19. The van der Waals surface area contributed by atoms with Crippen molar-refractivity contribution in [3.63, 3.8) is 0 Å². The highest BCUT2D eigenvalue weighted by Gasteiger charge is 2.15. The Labute approximate surface area is 174 Å². The van der Waals surface area contributed by atoms with Crippen LogP contribution in [0.15, 0.2) is 36.4 Å². The predicted octanol–water partition coefficient (Wildman–Crippen LogP) is 5.37. The summed E-state index contributed by atoms with van der Waals surface area (Å²) in [5.41, 5.74) is 9.50. The molecule has 0 radical (unpaired) electrons. The van der Waals surface area contributed by atoms with E-state index in [9.17, 15) is 9.90 Å². The molecule has 0 atom stereocenters. The summed E-state index contributed by atoms with van der Waals surface area (Å²) in [5.74, 6) is 0.122. The van der Waals surface area contributed by atoms with E-state index in [1.54, 1.807) is 13.1 Å². The summed E-state index contributed by atoms with van der Waals surface area (Å²) < 4.78 is 0. The molecule has 2 aromatic rings. The molecule has 29 heavy (non-hydrogen) atoms. The number of unbranched alkanes of at least 4 members (excludes halogenated alkanes) is 2. The number of rotatable bonds is 10. The number of urea groups is 1. The molecule has 4 N–H and O–H groups in total. The fourth-order valence-corrected chi connectivity index (χ4v) is 3.16. The van der Waals surface area contributed by atoms with Gasteiger partial charge < -0.3 is 21.1 Å². The highest BCUT2D eigenvalue weighted by molar-refractivity contribution is 5.95. The first-order chi connectivity index (χ1) is 13.9. The molecule has 0 saturated heterocycles. The largest absolute Gasteiger partial charge is 0.508 e. The number of nitrogens with zero attached hydrogens (tertiary/aromatic N) is 2. The van der Waals surface area contributed by atoms with Crippen LogP contribution in [-0.2, 0) is 0 Å². The Bertz CT molecular complexity index is 797. The van der Waals surface area contributed by atoms with Crippen molar-refractivity contribution in [2.75, 3.05) is 35.3 Å². The van der Waals surface area contributed by atoms with Crippen molar-refractivity contribution in [3.05, 3.63) is 42.0 Å². The number of carbonyl (C=O) groups is 1. The Hall–Kier alpha value is -2.89. The minimum atomic E-state index is -0.589. The molecule has 0 fully saturated rings. The zero-order chi connectivity index (χ0) is 21.4. The van der Waals surface area contributed by atoms with Gasteiger partial charge in [-0.2, -0.15) is 0 Å². The average Bonchev–Trinajstić information content (AvgIpc) is 2.71. The van der Waals surface area contributed by atoms with Crippen molar-refractivity contribution in [3.8, 4) is 5.75 Å². The normalized spacial score (nSPS) is 10.6. The molecule has 0 spiro atoms. The molecule has 0 heterocycles. The number of primary amides is 1. The van der Waals surface area contributed by atoms with Crippen molar-refractivity contribution < 1.29 is 9.90 Å². The second-order valence-electron chi connectivity index (χ2n) is 7.42. The van der Waals surface area contributed by atoms with Crippen LogP contribution < -0.4 is 20.9 Å². The first-order valence-electron chi connectivity index (χ1n) is 10.4. The smallest absolute Gasteiger partial charge is 0.319 e. The molecular weight excluding hydrogens is 364 g/mol. The number of aryl methyl sites for hydroxylation is 1. The van der Waals surface area contributed by atoms with Gasteiger partial charge in [0.05, 0.1) is 11.4 Å². The van der Waals surface area contributed by atoms with Crippen molar-refractivity contribution >= 4 is 28.8 Å². The summed E-state index contributed by atoms with van der Waals surface area (Å²) in [7, 11) is 1.58. The van der Waals surface area contributed by atoms with E-state index in [0.29, 0.717) is 11.4 Å². The van der Waals surface area contributed by atoms with E-state index in [4.69, 9.17) is 5.73 Å². The first kappa shape index (κ1) is 22.4. The van der Waals surface area contributed by atoms with Gasteiger partial charge in [0.25, 0.3) is 0 Å².